The monoisotopic (exact) mass is 290 g/mol. The molecule has 2 heterocycles. The third kappa shape index (κ3) is 3.10. The van der Waals surface area contributed by atoms with Crippen molar-refractivity contribution in [2.24, 2.45) is 0 Å². The Balaban J connectivity index is 2.37. The second-order valence-electron chi connectivity index (χ2n) is 6.12. The van der Waals surface area contributed by atoms with Crippen LogP contribution < -0.4 is 10.6 Å². The van der Waals surface area contributed by atoms with Crippen molar-refractivity contribution in [3.05, 3.63) is 33.8 Å². The molecule has 20 heavy (non-hydrogen) atoms. The number of hydrogen-bond donors (Lipinski definition) is 1. The lowest BCUT2D eigenvalue weighted by molar-refractivity contribution is 0.545. The summed E-state index contributed by atoms with van der Waals surface area (Å²) in [5.74, 6) is 2.26. The molecular weight excluding hydrogens is 268 g/mol. The third-order valence-electron chi connectivity index (χ3n) is 3.19. The molecule has 0 fully saturated rings. The van der Waals surface area contributed by atoms with Crippen molar-refractivity contribution < 1.29 is 0 Å². The fourth-order valence-electron chi connectivity index (χ4n) is 1.96. The van der Waals surface area contributed by atoms with Gasteiger partial charge in [-0.15, -0.1) is 0 Å². The highest BCUT2D eigenvalue weighted by molar-refractivity contribution is 7.07. The summed E-state index contributed by atoms with van der Waals surface area (Å²) in [5.41, 5.74) is 8.17. The van der Waals surface area contributed by atoms with Crippen LogP contribution in [0.3, 0.4) is 0 Å². The summed E-state index contributed by atoms with van der Waals surface area (Å²) < 4.78 is 0. The van der Waals surface area contributed by atoms with E-state index in [1.165, 1.54) is 5.56 Å². The van der Waals surface area contributed by atoms with Crippen molar-refractivity contribution in [1.82, 2.24) is 9.97 Å². The minimum Gasteiger partial charge on any atom is -0.383 e. The minimum absolute atomic E-state index is 0.111. The standard InChI is InChI=1S/C15H22N4S/c1-10-12(16)17-14(15(2,3)4)18-13(10)19(5)8-11-6-7-20-9-11/h6-7,9H,8H2,1-5H3,(H2,16,17,18). The summed E-state index contributed by atoms with van der Waals surface area (Å²) in [6, 6.07) is 2.13. The molecule has 0 saturated carbocycles. The van der Waals surface area contributed by atoms with Crippen LogP contribution in [-0.2, 0) is 12.0 Å². The van der Waals surface area contributed by atoms with Gasteiger partial charge in [-0.1, -0.05) is 20.8 Å². The lowest BCUT2D eigenvalue weighted by Crippen LogP contribution is -2.24. The number of hydrogen-bond acceptors (Lipinski definition) is 5. The van der Waals surface area contributed by atoms with Crippen LogP contribution >= 0.6 is 11.3 Å². The van der Waals surface area contributed by atoms with Gasteiger partial charge in [0, 0.05) is 24.6 Å². The quantitative estimate of drug-likeness (QED) is 0.941. The first kappa shape index (κ1) is 14.8. The number of nitrogens with two attached hydrogens (primary N) is 1. The minimum atomic E-state index is -0.111. The molecule has 5 heteroatoms. The van der Waals surface area contributed by atoms with Crippen molar-refractivity contribution in [3.63, 3.8) is 0 Å². The first-order valence-electron chi connectivity index (χ1n) is 6.66. The van der Waals surface area contributed by atoms with Crippen LogP contribution in [0.2, 0.25) is 0 Å². The Morgan fingerprint density at radius 2 is 2.00 bits per heavy atom. The van der Waals surface area contributed by atoms with Crippen molar-refractivity contribution >= 4 is 23.0 Å². The van der Waals surface area contributed by atoms with Gasteiger partial charge in [0.05, 0.1) is 0 Å². The number of nitrogen functional groups attached to an aromatic ring is 1. The van der Waals surface area contributed by atoms with Gasteiger partial charge in [0.1, 0.15) is 17.5 Å². The second-order valence-corrected chi connectivity index (χ2v) is 6.90. The van der Waals surface area contributed by atoms with Crippen LogP contribution in [0.4, 0.5) is 11.6 Å². The summed E-state index contributed by atoms with van der Waals surface area (Å²) in [6.45, 7) is 9.09. The first-order valence-corrected chi connectivity index (χ1v) is 7.60. The Hall–Kier alpha value is -1.62. The summed E-state index contributed by atoms with van der Waals surface area (Å²) in [5, 5.41) is 4.24. The maximum atomic E-state index is 6.05. The van der Waals surface area contributed by atoms with E-state index in [-0.39, 0.29) is 5.41 Å². The van der Waals surface area contributed by atoms with E-state index in [2.05, 4.69) is 47.5 Å². The van der Waals surface area contributed by atoms with Gasteiger partial charge >= 0.3 is 0 Å². The molecule has 0 atom stereocenters. The fraction of sp³-hybridized carbons (Fsp3) is 0.467. The lowest BCUT2D eigenvalue weighted by Gasteiger charge is -2.24. The van der Waals surface area contributed by atoms with E-state index < -0.39 is 0 Å². The van der Waals surface area contributed by atoms with Gasteiger partial charge in [-0.3, -0.25) is 0 Å². The van der Waals surface area contributed by atoms with Crippen molar-refractivity contribution in [2.75, 3.05) is 17.7 Å². The molecular formula is C15H22N4S. The molecule has 2 rings (SSSR count). The third-order valence-corrected chi connectivity index (χ3v) is 3.92. The van der Waals surface area contributed by atoms with Gasteiger partial charge in [-0.05, 0) is 29.3 Å². The van der Waals surface area contributed by atoms with E-state index in [1.54, 1.807) is 11.3 Å². The highest BCUT2D eigenvalue weighted by Gasteiger charge is 2.21. The average molecular weight is 290 g/mol. The maximum absolute atomic E-state index is 6.05. The summed E-state index contributed by atoms with van der Waals surface area (Å²) >= 11 is 1.71. The van der Waals surface area contributed by atoms with E-state index >= 15 is 0 Å². The molecule has 0 spiro atoms. The Kier molecular flexibility index (Phi) is 3.99. The predicted molar refractivity (Wildman–Crippen MR) is 86.3 cm³/mol. The molecule has 2 N–H and O–H groups in total. The molecule has 108 valence electrons. The zero-order valence-corrected chi connectivity index (χ0v) is 13.6. The summed E-state index contributed by atoms with van der Waals surface area (Å²) in [4.78, 5) is 11.3. The van der Waals surface area contributed by atoms with Gasteiger partial charge in [-0.25, -0.2) is 9.97 Å². The Labute approximate surface area is 124 Å². The SMILES string of the molecule is Cc1c(N)nc(C(C)(C)C)nc1N(C)Cc1ccsc1. The van der Waals surface area contributed by atoms with Gasteiger partial charge < -0.3 is 10.6 Å². The van der Waals surface area contributed by atoms with Gasteiger partial charge in [0.25, 0.3) is 0 Å². The Morgan fingerprint density at radius 1 is 1.30 bits per heavy atom. The molecule has 0 bridgehead atoms. The molecule has 2 aromatic rings. The first-order chi connectivity index (χ1) is 9.29. The predicted octanol–water partition coefficient (Wildman–Crippen LogP) is 3.36. The van der Waals surface area contributed by atoms with E-state index in [0.717, 1.165) is 23.8 Å². The summed E-state index contributed by atoms with van der Waals surface area (Å²) in [7, 11) is 2.04. The van der Waals surface area contributed by atoms with Crippen LogP contribution in [0, 0.1) is 6.92 Å². The lowest BCUT2D eigenvalue weighted by atomic mass is 9.95. The summed E-state index contributed by atoms with van der Waals surface area (Å²) in [6.07, 6.45) is 0. The van der Waals surface area contributed by atoms with Crippen LogP contribution in [0.25, 0.3) is 0 Å². The highest BCUT2D eigenvalue weighted by Crippen LogP contribution is 2.27. The smallest absolute Gasteiger partial charge is 0.138 e. The van der Waals surface area contributed by atoms with Gasteiger partial charge in [0.15, 0.2) is 0 Å². The molecule has 0 aliphatic carbocycles. The number of nitrogens with zero attached hydrogens (tertiary/aromatic N) is 3. The Morgan fingerprint density at radius 3 is 2.55 bits per heavy atom. The van der Waals surface area contributed by atoms with Crippen LogP contribution in [0.5, 0.6) is 0 Å². The molecule has 4 nitrogen and oxygen atoms in total. The van der Waals surface area contributed by atoms with E-state index in [4.69, 9.17) is 10.7 Å². The fourth-order valence-corrected chi connectivity index (χ4v) is 2.62. The van der Waals surface area contributed by atoms with Crippen molar-refractivity contribution in [1.29, 1.82) is 0 Å². The van der Waals surface area contributed by atoms with Crippen LogP contribution in [-0.4, -0.2) is 17.0 Å². The highest BCUT2D eigenvalue weighted by atomic mass is 32.1. The number of anilines is 2. The molecule has 0 aromatic carbocycles. The van der Waals surface area contributed by atoms with Crippen LogP contribution in [0.1, 0.15) is 37.7 Å². The topological polar surface area (TPSA) is 55.0 Å². The largest absolute Gasteiger partial charge is 0.383 e. The van der Waals surface area contributed by atoms with Crippen molar-refractivity contribution in [2.45, 2.75) is 39.7 Å². The van der Waals surface area contributed by atoms with E-state index in [9.17, 15) is 0 Å². The van der Waals surface area contributed by atoms with E-state index in [1.807, 2.05) is 14.0 Å². The number of aromatic nitrogens is 2. The average Bonchev–Trinajstić information content (AvgIpc) is 2.83. The van der Waals surface area contributed by atoms with Crippen LogP contribution in [0.15, 0.2) is 16.8 Å². The maximum Gasteiger partial charge on any atom is 0.138 e. The van der Waals surface area contributed by atoms with Gasteiger partial charge in [0.2, 0.25) is 0 Å². The zero-order chi connectivity index (χ0) is 14.9. The Bertz CT molecular complexity index is 585. The second kappa shape index (κ2) is 5.40. The van der Waals surface area contributed by atoms with Gasteiger partial charge in [-0.2, -0.15) is 11.3 Å². The molecule has 0 amide bonds. The number of thiophene rings is 1. The van der Waals surface area contributed by atoms with E-state index in [0.29, 0.717) is 5.82 Å². The van der Waals surface area contributed by atoms with Crippen molar-refractivity contribution in [3.8, 4) is 0 Å². The molecule has 0 aliphatic heterocycles. The molecule has 0 radical (unpaired) electrons. The molecule has 0 aliphatic rings. The zero-order valence-electron chi connectivity index (χ0n) is 12.8. The molecule has 2 aromatic heterocycles. The number of rotatable bonds is 3. The molecule has 0 saturated heterocycles. The molecule has 0 unspecified atom stereocenters. The normalized spacial score (nSPS) is 11.7.